The average molecular weight is 423 g/mol. The topological polar surface area (TPSA) is 84.5 Å². The van der Waals surface area contributed by atoms with Crippen LogP contribution in [0.2, 0.25) is 0 Å². The minimum absolute atomic E-state index is 0.0685. The summed E-state index contributed by atoms with van der Waals surface area (Å²) in [5.74, 6) is 0.623. The highest BCUT2D eigenvalue weighted by molar-refractivity contribution is 7.99. The maximum absolute atomic E-state index is 12.5. The number of hydrogen-bond acceptors (Lipinski definition) is 5. The van der Waals surface area contributed by atoms with E-state index in [0.717, 1.165) is 17.7 Å². The van der Waals surface area contributed by atoms with Crippen molar-refractivity contribution in [2.45, 2.75) is 23.1 Å². The maximum Gasteiger partial charge on any atom is 0.251 e. The number of sulfonamides is 1. The van der Waals surface area contributed by atoms with Crippen LogP contribution in [0.15, 0.2) is 58.3 Å². The van der Waals surface area contributed by atoms with Crippen molar-refractivity contribution < 1.29 is 17.9 Å². The molecule has 0 heterocycles. The summed E-state index contributed by atoms with van der Waals surface area (Å²) in [7, 11) is -2.18. The summed E-state index contributed by atoms with van der Waals surface area (Å²) in [6, 6.07) is 14.6. The van der Waals surface area contributed by atoms with Gasteiger partial charge in [-0.2, -0.15) is 0 Å². The summed E-state index contributed by atoms with van der Waals surface area (Å²) >= 11 is 1.74. The highest BCUT2D eigenvalue weighted by Crippen LogP contribution is 2.18. The molecule has 0 atom stereocenters. The summed E-state index contributed by atoms with van der Waals surface area (Å²) in [6.45, 7) is 2.77. The molecule has 0 bridgehead atoms. The molecule has 0 aliphatic carbocycles. The Balaban J connectivity index is 1.89. The molecule has 6 nitrogen and oxygen atoms in total. The molecule has 2 rings (SSSR count). The van der Waals surface area contributed by atoms with E-state index in [4.69, 9.17) is 4.74 Å². The van der Waals surface area contributed by atoms with Crippen molar-refractivity contribution in [3.63, 3.8) is 0 Å². The lowest BCUT2D eigenvalue weighted by Gasteiger charge is -2.11. The third kappa shape index (κ3) is 6.94. The molecule has 1 amide bonds. The van der Waals surface area contributed by atoms with Crippen molar-refractivity contribution >= 4 is 27.7 Å². The smallest absolute Gasteiger partial charge is 0.251 e. The van der Waals surface area contributed by atoms with Gasteiger partial charge in [-0.15, -0.1) is 11.8 Å². The number of nitrogens with one attached hydrogen (secondary N) is 2. The number of methoxy groups -OCH3 is 1. The number of ether oxygens (including phenoxy) is 1. The number of carbonyl (C=O) groups is 1. The molecular weight excluding hydrogens is 396 g/mol. The lowest BCUT2D eigenvalue weighted by atomic mass is 10.1. The first-order valence-corrected chi connectivity index (χ1v) is 11.5. The second-order valence-corrected chi connectivity index (χ2v) is 9.07. The highest BCUT2D eigenvalue weighted by atomic mass is 32.2. The number of rotatable bonds is 11. The Hall–Kier alpha value is -1.87. The first-order chi connectivity index (χ1) is 13.4. The lowest BCUT2D eigenvalue weighted by molar-refractivity contribution is 0.0953. The molecular formula is C20H26N2O4S2. The summed E-state index contributed by atoms with van der Waals surface area (Å²) in [6.07, 6.45) is 0.820. The lowest BCUT2D eigenvalue weighted by Crippen LogP contribution is -2.28. The minimum Gasteiger partial charge on any atom is -0.383 e. The van der Waals surface area contributed by atoms with E-state index >= 15 is 0 Å². The predicted molar refractivity (Wildman–Crippen MR) is 112 cm³/mol. The molecule has 0 spiro atoms. The van der Waals surface area contributed by atoms with Gasteiger partial charge in [-0.3, -0.25) is 4.79 Å². The number of aryl methyl sites for hydroxylation is 1. The molecule has 0 saturated heterocycles. The average Bonchev–Trinajstić information content (AvgIpc) is 2.68. The molecule has 0 radical (unpaired) electrons. The quantitative estimate of drug-likeness (QED) is 0.430. The molecule has 0 aliphatic heterocycles. The van der Waals surface area contributed by atoms with Gasteiger partial charge in [0.15, 0.2) is 0 Å². The molecule has 0 aromatic heterocycles. The largest absolute Gasteiger partial charge is 0.383 e. The molecule has 0 fully saturated rings. The van der Waals surface area contributed by atoms with Gasteiger partial charge in [-0.1, -0.05) is 24.3 Å². The minimum atomic E-state index is -3.68. The van der Waals surface area contributed by atoms with Gasteiger partial charge >= 0.3 is 0 Å². The summed E-state index contributed by atoms with van der Waals surface area (Å²) in [5.41, 5.74) is 1.09. The Bertz CT molecular complexity index is 871. The molecule has 0 saturated carbocycles. The molecule has 0 aliphatic rings. The Labute approximate surface area is 171 Å². The van der Waals surface area contributed by atoms with E-state index in [-0.39, 0.29) is 24.0 Å². The Morgan fingerprint density at radius 1 is 1.11 bits per heavy atom. The van der Waals surface area contributed by atoms with Crippen LogP contribution in [0.1, 0.15) is 22.3 Å². The van der Waals surface area contributed by atoms with Crippen molar-refractivity contribution in [3.05, 3.63) is 59.7 Å². The molecule has 28 heavy (non-hydrogen) atoms. The fraction of sp³-hybridized carbons (Fsp3) is 0.350. The predicted octanol–water partition coefficient (Wildman–Crippen LogP) is 2.83. The monoisotopic (exact) mass is 422 g/mol. The van der Waals surface area contributed by atoms with Crippen LogP contribution in [0.3, 0.4) is 0 Å². The molecule has 2 aromatic rings. The zero-order valence-electron chi connectivity index (χ0n) is 16.1. The fourth-order valence-electron chi connectivity index (χ4n) is 2.45. The van der Waals surface area contributed by atoms with Crippen molar-refractivity contribution in [1.29, 1.82) is 0 Å². The maximum atomic E-state index is 12.5. The standard InChI is InChI=1S/C20H26N2O4S2/c1-16-9-10-18(28(24,25)22-12-13-26-2)15-19(16)20(23)21-11-6-14-27-17-7-4-3-5-8-17/h3-5,7-10,15,22H,6,11-14H2,1-2H3,(H,21,23). The van der Waals surface area contributed by atoms with Gasteiger partial charge in [0.1, 0.15) is 0 Å². The van der Waals surface area contributed by atoms with Crippen LogP contribution in [0.5, 0.6) is 0 Å². The zero-order chi connectivity index (χ0) is 20.4. The van der Waals surface area contributed by atoms with Crippen LogP contribution >= 0.6 is 11.8 Å². The van der Waals surface area contributed by atoms with Gasteiger partial charge in [0.25, 0.3) is 5.91 Å². The highest BCUT2D eigenvalue weighted by Gasteiger charge is 2.17. The van der Waals surface area contributed by atoms with Gasteiger partial charge in [-0.05, 0) is 48.9 Å². The molecule has 2 N–H and O–H groups in total. The van der Waals surface area contributed by atoms with E-state index in [9.17, 15) is 13.2 Å². The molecule has 0 unspecified atom stereocenters. The second-order valence-electron chi connectivity index (χ2n) is 6.14. The van der Waals surface area contributed by atoms with Crippen LogP contribution in [0.25, 0.3) is 0 Å². The van der Waals surface area contributed by atoms with Gasteiger partial charge in [0.2, 0.25) is 10.0 Å². The van der Waals surface area contributed by atoms with Crippen LogP contribution in [0.4, 0.5) is 0 Å². The van der Waals surface area contributed by atoms with E-state index in [0.29, 0.717) is 12.1 Å². The van der Waals surface area contributed by atoms with Crippen molar-refractivity contribution in [2.75, 3.05) is 32.6 Å². The van der Waals surface area contributed by atoms with E-state index in [2.05, 4.69) is 22.2 Å². The van der Waals surface area contributed by atoms with Gasteiger partial charge in [0, 0.05) is 30.7 Å². The Morgan fingerprint density at radius 3 is 2.57 bits per heavy atom. The van der Waals surface area contributed by atoms with Crippen LogP contribution < -0.4 is 10.0 Å². The first-order valence-electron chi connectivity index (χ1n) is 8.99. The van der Waals surface area contributed by atoms with Gasteiger partial charge < -0.3 is 10.1 Å². The number of carbonyl (C=O) groups excluding carboxylic acids is 1. The molecule has 8 heteroatoms. The van der Waals surface area contributed by atoms with Crippen LogP contribution in [0, 0.1) is 6.92 Å². The SMILES string of the molecule is COCCNS(=O)(=O)c1ccc(C)c(C(=O)NCCCSc2ccccc2)c1. The number of thioether (sulfide) groups is 1. The molecule has 2 aromatic carbocycles. The first kappa shape index (κ1) is 22.4. The Kier molecular flexibility index (Phi) is 8.98. The Morgan fingerprint density at radius 2 is 1.86 bits per heavy atom. The number of amides is 1. The van der Waals surface area contributed by atoms with Crippen molar-refractivity contribution in [1.82, 2.24) is 10.0 Å². The second kappa shape index (κ2) is 11.2. The molecule has 152 valence electrons. The van der Waals surface area contributed by atoms with E-state index < -0.39 is 10.0 Å². The zero-order valence-corrected chi connectivity index (χ0v) is 17.7. The number of hydrogen-bond donors (Lipinski definition) is 2. The third-order valence-corrected chi connectivity index (χ3v) is 6.54. The summed E-state index contributed by atoms with van der Waals surface area (Å²) < 4.78 is 32.0. The van der Waals surface area contributed by atoms with E-state index in [1.54, 1.807) is 24.8 Å². The third-order valence-electron chi connectivity index (χ3n) is 3.98. The van der Waals surface area contributed by atoms with E-state index in [1.807, 2.05) is 18.2 Å². The van der Waals surface area contributed by atoms with Gasteiger partial charge in [-0.25, -0.2) is 13.1 Å². The summed E-state index contributed by atoms with van der Waals surface area (Å²) in [4.78, 5) is 13.8. The van der Waals surface area contributed by atoms with Crippen LogP contribution in [-0.2, 0) is 14.8 Å². The normalized spacial score (nSPS) is 11.4. The van der Waals surface area contributed by atoms with Crippen molar-refractivity contribution in [2.24, 2.45) is 0 Å². The van der Waals surface area contributed by atoms with E-state index in [1.165, 1.54) is 24.1 Å². The van der Waals surface area contributed by atoms with Crippen molar-refractivity contribution in [3.8, 4) is 0 Å². The van der Waals surface area contributed by atoms with Crippen LogP contribution in [-0.4, -0.2) is 46.9 Å². The number of benzene rings is 2. The fourth-order valence-corrected chi connectivity index (χ4v) is 4.36. The summed E-state index contributed by atoms with van der Waals surface area (Å²) in [5, 5.41) is 2.87. The van der Waals surface area contributed by atoms with Gasteiger partial charge in [0.05, 0.1) is 11.5 Å².